The van der Waals surface area contributed by atoms with Gasteiger partial charge in [-0.25, -0.2) is 4.98 Å². The molecule has 0 amide bonds. The Kier molecular flexibility index (Phi) is 4.01. The predicted molar refractivity (Wildman–Crippen MR) is 122 cm³/mol. The van der Waals surface area contributed by atoms with E-state index in [4.69, 9.17) is 10.1 Å². The van der Waals surface area contributed by atoms with Crippen LogP contribution in [0, 0.1) is 0 Å². The minimum Gasteiger partial charge on any atom is -0.207 e. The first-order chi connectivity index (χ1) is 14.8. The monoisotopic (exact) mass is 393 g/mol. The van der Waals surface area contributed by atoms with Gasteiger partial charge in [0, 0.05) is 17.2 Å². The van der Waals surface area contributed by atoms with Gasteiger partial charge >= 0.3 is 0 Å². The number of nitrogens with zero attached hydrogens (tertiary/aromatic N) is 5. The number of hydrogen-bond acceptors (Lipinski definition) is 4. The lowest BCUT2D eigenvalue weighted by molar-refractivity contribution is 0.616. The highest BCUT2D eigenvalue weighted by Crippen LogP contribution is 2.39. The molecular weight excluding hydrogens is 370 g/mol. The highest BCUT2D eigenvalue weighted by molar-refractivity contribution is 6.32. The third-order valence-electron chi connectivity index (χ3n) is 6.22. The largest absolute Gasteiger partial charge is 0.272 e. The Morgan fingerprint density at radius 2 is 1.43 bits per heavy atom. The molecule has 4 aromatic carbocycles. The Morgan fingerprint density at radius 1 is 0.733 bits per heavy atom. The summed E-state index contributed by atoms with van der Waals surface area (Å²) >= 11 is 0. The van der Waals surface area contributed by atoms with Crippen molar-refractivity contribution in [2.45, 2.75) is 45.4 Å². The first-order valence-corrected chi connectivity index (χ1v) is 10.9. The molecule has 0 aliphatic heterocycles. The zero-order chi connectivity index (χ0) is 20.1. The van der Waals surface area contributed by atoms with Gasteiger partial charge in [0.15, 0.2) is 5.82 Å². The fraction of sp³-hybridized carbons (Fsp3) is 0.280. The van der Waals surface area contributed by atoms with E-state index >= 15 is 0 Å². The molecule has 6 rings (SSSR count). The second-order valence-corrected chi connectivity index (χ2v) is 8.17. The lowest BCUT2D eigenvalue weighted by atomic mass is 9.93. The van der Waals surface area contributed by atoms with E-state index in [1.165, 1.54) is 47.2 Å². The summed E-state index contributed by atoms with van der Waals surface area (Å²) in [5, 5.41) is 21.1. The van der Waals surface area contributed by atoms with E-state index in [0.29, 0.717) is 5.78 Å². The SMILES string of the molecule is CCCCCCCc1nnc2nc3c4cccc5ccc6cccc(c3nn12)c6c54. The van der Waals surface area contributed by atoms with Crippen molar-refractivity contribution in [3.63, 3.8) is 0 Å². The standard InChI is InChI=1S/C25H23N5/c1-2-3-4-5-6-13-20-27-28-25-26-23-18-11-7-9-16-14-15-17-10-8-12-19(22(17)21(16)18)24(23)29-30(20)25/h7-12,14-15H,2-6,13H2,1H3. The average Bonchev–Trinajstić information content (AvgIpc) is 3.19. The van der Waals surface area contributed by atoms with Crippen molar-refractivity contribution >= 4 is 49.1 Å². The smallest absolute Gasteiger partial charge is 0.207 e. The van der Waals surface area contributed by atoms with Gasteiger partial charge in [-0.1, -0.05) is 81.1 Å². The quantitative estimate of drug-likeness (QED) is 0.195. The Balaban J connectivity index is 1.59. The number of unbranched alkanes of at least 4 members (excludes halogenated alkanes) is 4. The zero-order valence-corrected chi connectivity index (χ0v) is 17.1. The topological polar surface area (TPSA) is 56.0 Å². The fourth-order valence-electron chi connectivity index (χ4n) is 4.74. The van der Waals surface area contributed by atoms with Crippen molar-refractivity contribution in [1.29, 1.82) is 0 Å². The molecule has 5 heteroatoms. The Morgan fingerprint density at radius 3 is 2.17 bits per heavy atom. The Hall–Kier alpha value is -3.34. The highest BCUT2D eigenvalue weighted by Gasteiger charge is 2.17. The van der Waals surface area contributed by atoms with Crippen LogP contribution in [0.25, 0.3) is 49.1 Å². The van der Waals surface area contributed by atoms with Crippen molar-refractivity contribution in [1.82, 2.24) is 24.8 Å². The summed E-state index contributed by atoms with van der Waals surface area (Å²) in [6.45, 7) is 2.24. The molecule has 2 heterocycles. The molecular formula is C25H23N5. The summed E-state index contributed by atoms with van der Waals surface area (Å²) in [5.74, 6) is 1.49. The van der Waals surface area contributed by atoms with Gasteiger partial charge in [-0.3, -0.25) is 0 Å². The van der Waals surface area contributed by atoms with Crippen LogP contribution in [0.1, 0.15) is 44.9 Å². The molecule has 0 aliphatic carbocycles. The third-order valence-corrected chi connectivity index (χ3v) is 6.22. The van der Waals surface area contributed by atoms with Crippen LogP contribution < -0.4 is 0 Å². The molecule has 0 spiro atoms. The molecule has 148 valence electrons. The maximum absolute atomic E-state index is 5.03. The molecule has 0 aliphatic rings. The van der Waals surface area contributed by atoms with Crippen LogP contribution in [-0.2, 0) is 6.42 Å². The van der Waals surface area contributed by atoms with Crippen molar-refractivity contribution in [2.24, 2.45) is 0 Å². The molecule has 0 saturated heterocycles. The first kappa shape index (κ1) is 17.5. The summed E-state index contributed by atoms with van der Waals surface area (Å²) in [4.78, 5) is 4.93. The van der Waals surface area contributed by atoms with E-state index in [-0.39, 0.29) is 0 Å². The summed E-state index contributed by atoms with van der Waals surface area (Å²) in [5.41, 5.74) is 1.83. The molecule has 6 aromatic rings. The summed E-state index contributed by atoms with van der Waals surface area (Å²) in [6, 6.07) is 17.2. The van der Waals surface area contributed by atoms with E-state index in [0.717, 1.165) is 40.5 Å². The van der Waals surface area contributed by atoms with Gasteiger partial charge in [-0.2, -0.15) is 9.61 Å². The third kappa shape index (κ3) is 2.54. The second-order valence-electron chi connectivity index (χ2n) is 8.17. The molecule has 5 nitrogen and oxygen atoms in total. The molecule has 2 aromatic heterocycles. The summed E-state index contributed by atoms with van der Waals surface area (Å²) in [6.07, 6.45) is 7.03. The van der Waals surface area contributed by atoms with Gasteiger partial charge in [0.25, 0.3) is 5.78 Å². The normalized spacial score (nSPS) is 12.3. The van der Waals surface area contributed by atoms with Gasteiger partial charge in [-0.15, -0.1) is 10.2 Å². The van der Waals surface area contributed by atoms with Crippen LogP contribution in [0.3, 0.4) is 0 Å². The first-order valence-electron chi connectivity index (χ1n) is 10.9. The van der Waals surface area contributed by atoms with Crippen LogP contribution in [0.15, 0.2) is 48.5 Å². The lowest BCUT2D eigenvalue weighted by Gasteiger charge is -2.13. The van der Waals surface area contributed by atoms with Crippen molar-refractivity contribution < 1.29 is 0 Å². The molecule has 30 heavy (non-hydrogen) atoms. The van der Waals surface area contributed by atoms with Crippen LogP contribution in [0.2, 0.25) is 0 Å². The molecule has 0 radical (unpaired) electrons. The van der Waals surface area contributed by atoms with Crippen LogP contribution in [-0.4, -0.2) is 24.8 Å². The number of aromatic nitrogens is 5. The number of hydrogen-bond donors (Lipinski definition) is 0. The van der Waals surface area contributed by atoms with Crippen molar-refractivity contribution in [3.05, 3.63) is 54.4 Å². The zero-order valence-electron chi connectivity index (χ0n) is 17.1. The lowest BCUT2D eigenvalue weighted by Crippen LogP contribution is -2.02. The van der Waals surface area contributed by atoms with Crippen LogP contribution in [0.4, 0.5) is 0 Å². The molecule has 0 N–H and O–H groups in total. The van der Waals surface area contributed by atoms with E-state index < -0.39 is 0 Å². The van der Waals surface area contributed by atoms with Gasteiger partial charge < -0.3 is 0 Å². The predicted octanol–water partition coefficient (Wildman–Crippen LogP) is 6.08. The van der Waals surface area contributed by atoms with E-state index in [9.17, 15) is 0 Å². The molecule has 0 fully saturated rings. The molecule has 0 bridgehead atoms. The maximum atomic E-state index is 5.03. The minimum absolute atomic E-state index is 0.584. The molecule has 0 atom stereocenters. The molecule has 0 unspecified atom stereocenters. The average molecular weight is 393 g/mol. The van der Waals surface area contributed by atoms with E-state index in [1.807, 2.05) is 4.52 Å². The maximum Gasteiger partial charge on any atom is 0.272 e. The molecule has 0 saturated carbocycles. The number of benzene rings is 4. The fourth-order valence-corrected chi connectivity index (χ4v) is 4.74. The van der Waals surface area contributed by atoms with Crippen LogP contribution in [0.5, 0.6) is 0 Å². The summed E-state index contributed by atoms with van der Waals surface area (Å²) < 4.78 is 1.85. The minimum atomic E-state index is 0.584. The van der Waals surface area contributed by atoms with Crippen LogP contribution >= 0.6 is 0 Å². The van der Waals surface area contributed by atoms with Gasteiger partial charge in [0.2, 0.25) is 0 Å². The Labute approximate surface area is 174 Å². The number of aryl methyl sites for hydroxylation is 1. The number of rotatable bonds is 6. The Bertz CT molecular complexity index is 1510. The van der Waals surface area contributed by atoms with E-state index in [2.05, 4.69) is 65.7 Å². The number of fused-ring (bicyclic) bond motifs is 4. The summed E-state index contributed by atoms with van der Waals surface area (Å²) in [7, 11) is 0. The second kappa shape index (κ2) is 6.87. The van der Waals surface area contributed by atoms with Gasteiger partial charge in [-0.05, 0) is 28.0 Å². The van der Waals surface area contributed by atoms with Gasteiger partial charge in [0.1, 0.15) is 11.0 Å². The highest BCUT2D eigenvalue weighted by atomic mass is 15.4. The van der Waals surface area contributed by atoms with Crippen molar-refractivity contribution in [3.8, 4) is 0 Å². The van der Waals surface area contributed by atoms with E-state index in [1.54, 1.807) is 0 Å². The van der Waals surface area contributed by atoms with Gasteiger partial charge in [0.05, 0.1) is 0 Å². The van der Waals surface area contributed by atoms with Crippen molar-refractivity contribution in [2.75, 3.05) is 0 Å².